The fourth-order valence-corrected chi connectivity index (χ4v) is 1.08. The van der Waals surface area contributed by atoms with Gasteiger partial charge in [-0.1, -0.05) is 11.6 Å². The van der Waals surface area contributed by atoms with Gasteiger partial charge in [0.1, 0.15) is 6.54 Å². The van der Waals surface area contributed by atoms with Crippen LogP contribution in [0.2, 0.25) is 0 Å². The summed E-state index contributed by atoms with van der Waals surface area (Å²) >= 11 is 0. The van der Waals surface area contributed by atoms with Gasteiger partial charge in [0.15, 0.2) is 0 Å². The van der Waals surface area contributed by atoms with Crippen molar-refractivity contribution in [2.45, 2.75) is 6.92 Å². The molecule has 1 amide bonds. The Morgan fingerprint density at radius 2 is 2.36 bits per heavy atom. The number of nitrogens with one attached hydrogen (secondary N) is 1. The Morgan fingerprint density at radius 3 is 3.00 bits per heavy atom. The van der Waals surface area contributed by atoms with Crippen LogP contribution < -0.4 is 11.1 Å². The topological polar surface area (TPSA) is 78.9 Å². The van der Waals surface area contributed by atoms with Crippen molar-refractivity contribution in [1.29, 1.82) is 5.26 Å². The first-order valence-electron chi connectivity index (χ1n) is 4.16. The molecule has 0 aromatic heterocycles. The van der Waals surface area contributed by atoms with E-state index >= 15 is 0 Å². The minimum Gasteiger partial charge on any atom is -0.398 e. The minimum atomic E-state index is -0.312. The van der Waals surface area contributed by atoms with Crippen LogP contribution in [0.1, 0.15) is 15.9 Å². The Morgan fingerprint density at radius 1 is 1.64 bits per heavy atom. The third kappa shape index (κ3) is 2.23. The first-order chi connectivity index (χ1) is 6.65. The van der Waals surface area contributed by atoms with Gasteiger partial charge in [-0.2, -0.15) is 5.26 Å². The lowest BCUT2D eigenvalue weighted by molar-refractivity contribution is 0.0959. The number of nitriles is 1. The molecular formula is C10H11N3O. The standard InChI is InChI=1S/C10H11N3O/c1-7-2-3-9(12)8(6-7)10(14)13-5-4-11/h2-3,6H,5,12H2,1H3,(H,13,14). The molecule has 1 aromatic rings. The van der Waals surface area contributed by atoms with Gasteiger partial charge < -0.3 is 11.1 Å². The maximum Gasteiger partial charge on any atom is 0.254 e. The van der Waals surface area contributed by atoms with Gasteiger partial charge in [-0.05, 0) is 19.1 Å². The van der Waals surface area contributed by atoms with E-state index in [0.29, 0.717) is 11.3 Å². The second-order valence-electron chi connectivity index (χ2n) is 2.93. The molecule has 0 unspecified atom stereocenters. The Hall–Kier alpha value is -2.02. The second-order valence-corrected chi connectivity index (χ2v) is 2.93. The molecule has 0 aliphatic carbocycles. The normalized spacial score (nSPS) is 9.14. The van der Waals surface area contributed by atoms with Crippen LogP contribution in [0.5, 0.6) is 0 Å². The lowest BCUT2D eigenvalue weighted by atomic mass is 10.1. The fraction of sp³-hybridized carbons (Fsp3) is 0.200. The van der Waals surface area contributed by atoms with Gasteiger partial charge in [0.2, 0.25) is 0 Å². The highest BCUT2D eigenvalue weighted by Gasteiger charge is 2.08. The van der Waals surface area contributed by atoms with Crippen LogP contribution >= 0.6 is 0 Å². The summed E-state index contributed by atoms with van der Waals surface area (Å²) in [6.45, 7) is 1.87. The summed E-state index contributed by atoms with van der Waals surface area (Å²) in [5, 5.41) is 10.7. The Kier molecular flexibility index (Phi) is 3.08. The molecule has 1 rings (SSSR count). The SMILES string of the molecule is Cc1ccc(N)c(C(=O)NCC#N)c1. The van der Waals surface area contributed by atoms with Crippen LogP contribution in [0.4, 0.5) is 5.69 Å². The molecular weight excluding hydrogens is 178 g/mol. The number of anilines is 1. The molecule has 0 saturated heterocycles. The van der Waals surface area contributed by atoms with Crippen LogP contribution in [0.15, 0.2) is 18.2 Å². The van der Waals surface area contributed by atoms with Crippen molar-refractivity contribution in [1.82, 2.24) is 5.32 Å². The molecule has 4 nitrogen and oxygen atoms in total. The minimum absolute atomic E-state index is 0.00772. The van der Waals surface area contributed by atoms with E-state index in [0.717, 1.165) is 5.56 Å². The summed E-state index contributed by atoms with van der Waals surface area (Å²) in [6.07, 6.45) is 0. The number of nitrogens with two attached hydrogens (primary N) is 1. The number of nitrogen functional groups attached to an aromatic ring is 1. The lowest BCUT2D eigenvalue weighted by Crippen LogP contribution is -2.24. The van der Waals surface area contributed by atoms with Crippen LogP contribution in [0, 0.1) is 18.3 Å². The van der Waals surface area contributed by atoms with Crippen molar-refractivity contribution in [3.63, 3.8) is 0 Å². The fourth-order valence-electron chi connectivity index (χ4n) is 1.08. The molecule has 1 aromatic carbocycles. The number of carbonyl (C=O) groups excluding carboxylic acids is 1. The van der Waals surface area contributed by atoms with Crippen LogP contribution in [-0.2, 0) is 0 Å². The van der Waals surface area contributed by atoms with Gasteiger partial charge >= 0.3 is 0 Å². The number of benzene rings is 1. The van der Waals surface area contributed by atoms with E-state index < -0.39 is 0 Å². The molecule has 0 saturated carbocycles. The molecule has 0 fully saturated rings. The molecule has 0 atom stereocenters. The van der Waals surface area contributed by atoms with E-state index in [-0.39, 0.29) is 12.5 Å². The monoisotopic (exact) mass is 189 g/mol. The smallest absolute Gasteiger partial charge is 0.254 e. The van der Waals surface area contributed by atoms with E-state index in [2.05, 4.69) is 5.32 Å². The Bertz CT molecular complexity index is 393. The third-order valence-corrected chi connectivity index (χ3v) is 1.78. The van der Waals surface area contributed by atoms with Crippen molar-refractivity contribution >= 4 is 11.6 Å². The number of aryl methyl sites for hydroxylation is 1. The second kappa shape index (κ2) is 4.28. The first kappa shape index (κ1) is 10.1. The van der Waals surface area contributed by atoms with E-state index in [1.165, 1.54) is 0 Å². The predicted molar refractivity (Wildman–Crippen MR) is 53.5 cm³/mol. The number of nitrogens with zero attached hydrogens (tertiary/aromatic N) is 1. The van der Waals surface area contributed by atoms with E-state index in [4.69, 9.17) is 11.0 Å². The highest BCUT2D eigenvalue weighted by Crippen LogP contribution is 2.13. The molecule has 0 heterocycles. The molecule has 0 aliphatic heterocycles. The molecule has 4 heteroatoms. The molecule has 0 aliphatic rings. The zero-order valence-corrected chi connectivity index (χ0v) is 7.87. The van der Waals surface area contributed by atoms with Crippen molar-refractivity contribution in [3.05, 3.63) is 29.3 Å². The summed E-state index contributed by atoms with van der Waals surface area (Å²) in [6, 6.07) is 7.03. The lowest BCUT2D eigenvalue weighted by Gasteiger charge is -2.05. The first-order valence-corrected chi connectivity index (χ1v) is 4.16. The van der Waals surface area contributed by atoms with Crippen molar-refractivity contribution < 1.29 is 4.79 Å². The number of hydrogen-bond acceptors (Lipinski definition) is 3. The molecule has 72 valence electrons. The predicted octanol–water partition coefficient (Wildman–Crippen LogP) is 0.831. The van der Waals surface area contributed by atoms with Crippen molar-refractivity contribution in [3.8, 4) is 6.07 Å². The number of amides is 1. The van der Waals surface area contributed by atoms with Gasteiger partial charge in [0.25, 0.3) is 5.91 Å². The Labute approximate surface area is 82.3 Å². The summed E-state index contributed by atoms with van der Waals surface area (Å²) < 4.78 is 0. The average molecular weight is 189 g/mol. The van der Waals surface area contributed by atoms with Crippen LogP contribution in [0.25, 0.3) is 0 Å². The highest BCUT2D eigenvalue weighted by atomic mass is 16.1. The van der Waals surface area contributed by atoms with Crippen molar-refractivity contribution in [2.24, 2.45) is 0 Å². The summed E-state index contributed by atoms with van der Waals surface area (Å²) in [4.78, 5) is 11.4. The maximum absolute atomic E-state index is 11.4. The number of rotatable bonds is 2. The van der Waals surface area contributed by atoms with Gasteiger partial charge in [-0.25, -0.2) is 0 Å². The summed E-state index contributed by atoms with van der Waals surface area (Å²) in [5.41, 5.74) is 7.42. The zero-order chi connectivity index (χ0) is 10.6. The summed E-state index contributed by atoms with van der Waals surface area (Å²) in [5.74, 6) is -0.312. The zero-order valence-electron chi connectivity index (χ0n) is 7.87. The molecule has 14 heavy (non-hydrogen) atoms. The number of hydrogen-bond donors (Lipinski definition) is 2. The number of carbonyl (C=O) groups is 1. The largest absolute Gasteiger partial charge is 0.398 e. The molecule has 0 radical (unpaired) electrons. The van der Waals surface area contributed by atoms with E-state index in [1.54, 1.807) is 12.1 Å². The van der Waals surface area contributed by atoms with Gasteiger partial charge in [-0.3, -0.25) is 4.79 Å². The molecule has 0 spiro atoms. The van der Waals surface area contributed by atoms with Crippen LogP contribution in [-0.4, -0.2) is 12.5 Å². The average Bonchev–Trinajstić information content (AvgIpc) is 2.18. The molecule has 3 N–H and O–H groups in total. The van der Waals surface area contributed by atoms with Gasteiger partial charge in [0, 0.05) is 5.69 Å². The van der Waals surface area contributed by atoms with Crippen LogP contribution in [0.3, 0.4) is 0 Å². The van der Waals surface area contributed by atoms with E-state index in [9.17, 15) is 4.79 Å². The van der Waals surface area contributed by atoms with Gasteiger partial charge in [0.05, 0.1) is 11.6 Å². The third-order valence-electron chi connectivity index (χ3n) is 1.78. The van der Waals surface area contributed by atoms with E-state index in [1.807, 2.05) is 19.1 Å². The quantitative estimate of drug-likeness (QED) is 0.534. The highest BCUT2D eigenvalue weighted by molar-refractivity contribution is 5.99. The maximum atomic E-state index is 11.4. The van der Waals surface area contributed by atoms with Gasteiger partial charge in [-0.15, -0.1) is 0 Å². The van der Waals surface area contributed by atoms with Crippen molar-refractivity contribution in [2.75, 3.05) is 12.3 Å². The Balaban J connectivity index is 2.90. The summed E-state index contributed by atoms with van der Waals surface area (Å²) in [7, 11) is 0. The molecule has 0 bridgehead atoms.